The van der Waals surface area contributed by atoms with E-state index >= 15 is 0 Å². The molecule has 0 bridgehead atoms. The Balaban J connectivity index is 3.15. The lowest BCUT2D eigenvalue weighted by molar-refractivity contribution is 0.405. The minimum atomic E-state index is 0.0671. The molecule has 0 atom stereocenters. The molecule has 4 N–H and O–H groups in total. The van der Waals surface area contributed by atoms with Crippen LogP contribution in [-0.4, -0.2) is 23.5 Å². The highest BCUT2D eigenvalue weighted by Crippen LogP contribution is 2.31. The Kier molecular flexibility index (Phi) is 4.28. The van der Waals surface area contributed by atoms with Crippen molar-refractivity contribution in [2.75, 3.05) is 7.11 Å². The standard InChI is InChI=1S/C11H15N3O2S/c1-6-4-9(15)8(5-13-14-11(12)17)7(2)10(6)16-3/h4-5,15H,1-3H3,(H3,12,14,17). The van der Waals surface area contributed by atoms with Gasteiger partial charge in [0.2, 0.25) is 0 Å². The Hall–Kier alpha value is -1.82. The molecule has 0 amide bonds. The maximum absolute atomic E-state index is 9.82. The molecule has 1 aromatic rings. The van der Waals surface area contributed by atoms with Gasteiger partial charge in [0.25, 0.3) is 0 Å². The van der Waals surface area contributed by atoms with Gasteiger partial charge in [0.1, 0.15) is 11.5 Å². The number of ether oxygens (including phenoxy) is 1. The van der Waals surface area contributed by atoms with E-state index in [0.717, 1.165) is 16.9 Å². The topological polar surface area (TPSA) is 79.9 Å². The third-order valence-corrected chi connectivity index (χ3v) is 2.40. The Labute approximate surface area is 105 Å². The Morgan fingerprint density at radius 3 is 2.76 bits per heavy atom. The number of aromatic hydroxyl groups is 1. The van der Waals surface area contributed by atoms with E-state index < -0.39 is 0 Å². The van der Waals surface area contributed by atoms with Crippen molar-refractivity contribution in [3.63, 3.8) is 0 Å². The number of nitrogens with zero attached hydrogens (tertiary/aromatic N) is 1. The molecule has 17 heavy (non-hydrogen) atoms. The molecule has 0 saturated carbocycles. The second-order valence-electron chi connectivity index (χ2n) is 3.52. The van der Waals surface area contributed by atoms with Crippen LogP contribution >= 0.6 is 12.2 Å². The number of nitrogens with two attached hydrogens (primary N) is 1. The lowest BCUT2D eigenvalue weighted by Crippen LogP contribution is -2.24. The van der Waals surface area contributed by atoms with Crippen LogP contribution in [0, 0.1) is 13.8 Å². The molecule has 1 rings (SSSR count). The molecule has 0 saturated heterocycles. The number of hydrogen-bond acceptors (Lipinski definition) is 4. The molecule has 92 valence electrons. The summed E-state index contributed by atoms with van der Waals surface area (Å²) < 4.78 is 5.26. The van der Waals surface area contributed by atoms with Crippen molar-refractivity contribution >= 4 is 23.5 Å². The first kappa shape index (κ1) is 13.2. The average molecular weight is 253 g/mol. The lowest BCUT2D eigenvalue weighted by Gasteiger charge is -2.12. The number of hydrogen-bond donors (Lipinski definition) is 3. The summed E-state index contributed by atoms with van der Waals surface area (Å²) in [5.41, 5.74) is 9.89. The van der Waals surface area contributed by atoms with Gasteiger partial charge in [-0.1, -0.05) is 0 Å². The summed E-state index contributed by atoms with van der Waals surface area (Å²) in [4.78, 5) is 0. The van der Waals surface area contributed by atoms with Crippen molar-refractivity contribution < 1.29 is 9.84 Å². The minimum absolute atomic E-state index is 0.0671. The fourth-order valence-electron chi connectivity index (χ4n) is 1.60. The minimum Gasteiger partial charge on any atom is -0.507 e. The summed E-state index contributed by atoms with van der Waals surface area (Å²) in [7, 11) is 1.58. The number of thiocarbonyl (C=S) groups is 1. The van der Waals surface area contributed by atoms with Crippen LogP contribution in [0.2, 0.25) is 0 Å². The summed E-state index contributed by atoms with van der Waals surface area (Å²) >= 11 is 4.61. The molecule has 0 aliphatic heterocycles. The van der Waals surface area contributed by atoms with Gasteiger partial charge in [-0.25, -0.2) is 0 Å². The van der Waals surface area contributed by atoms with Gasteiger partial charge < -0.3 is 15.6 Å². The largest absolute Gasteiger partial charge is 0.507 e. The molecule has 0 aromatic heterocycles. The fraction of sp³-hybridized carbons (Fsp3) is 0.273. The Bertz CT molecular complexity index is 472. The zero-order valence-corrected chi connectivity index (χ0v) is 10.8. The molecule has 0 unspecified atom stereocenters. The molecule has 1 aromatic carbocycles. The molecular weight excluding hydrogens is 238 g/mol. The number of phenols is 1. The van der Waals surface area contributed by atoms with Crippen molar-refractivity contribution in [1.82, 2.24) is 5.43 Å². The van der Waals surface area contributed by atoms with Gasteiger partial charge in [-0.15, -0.1) is 0 Å². The summed E-state index contributed by atoms with van der Waals surface area (Å²) in [5, 5.41) is 13.7. The highest BCUT2D eigenvalue weighted by molar-refractivity contribution is 7.80. The first-order valence-corrected chi connectivity index (χ1v) is 5.33. The normalized spacial score (nSPS) is 10.5. The molecule has 0 aliphatic carbocycles. The molecule has 0 aliphatic rings. The summed E-state index contributed by atoms with van der Waals surface area (Å²) in [6.07, 6.45) is 1.45. The maximum Gasteiger partial charge on any atom is 0.184 e. The first-order chi connectivity index (χ1) is 7.97. The Morgan fingerprint density at radius 1 is 1.59 bits per heavy atom. The van der Waals surface area contributed by atoms with Crippen LogP contribution in [0.15, 0.2) is 11.2 Å². The van der Waals surface area contributed by atoms with E-state index in [9.17, 15) is 5.11 Å². The van der Waals surface area contributed by atoms with E-state index in [1.165, 1.54) is 6.21 Å². The number of rotatable bonds is 3. The zero-order chi connectivity index (χ0) is 13.0. The molecule has 0 heterocycles. The zero-order valence-electron chi connectivity index (χ0n) is 9.94. The van der Waals surface area contributed by atoms with E-state index in [4.69, 9.17) is 10.5 Å². The fourth-order valence-corrected chi connectivity index (χ4v) is 1.65. The number of nitrogens with one attached hydrogen (secondary N) is 1. The first-order valence-electron chi connectivity index (χ1n) is 4.93. The van der Waals surface area contributed by atoms with Crippen LogP contribution in [0.1, 0.15) is 16.7 Å². The monoisotopic (exact) mass is 253 g/mol. The van der Waals surface area contributed by atoms with E-state index in [0.29, 0.717) is 5.56 Å². The van der Waals surface area contributed by atoms with Crippen LogP contribution in [0.3, 0.4) is 0 Å². The smallest absolute Gasteiger partial charge is 0.184 e. The number of benzene rings is 1. The van der Waals surface area contributed by atoms with Crippen LogP contribution in [0.25, 0.3) is 0 Å². The van der Waals surface area contributed by atoms with Gasteiger partial charge >= 0.3 is 0 Å². The second kappa shape index (κ2) is 5.49. The van der Waals surface area contributed by atoms with E-state index in [-0.39, 0.29) is 10.9 Å². The highest BCUT2D eigenvalue weighted by atomic mass is 32.1. The third kappa shape index (κ3) is 3.07. The van der Waals surface area contributed by atoms with Crippen molar-refractivity contribution in [2.45, 2.75) is 13.8 Å². The molecule has 5 nitrogen and oxygen atoms in total. The Morgan fingerprint density at radius 2 is 2.24 bits per heavy atom. The van der Waals surface area contributed by atoms with Gasteiger partial charge in [-0.2, -0.15) is 5.10 Å². The summed E-state index contributed by atoms with van der Waals surface area (Å²) in [5.74, 6) is 0.855. The molecule has 0 spiro atoms. The molecule has 0 radical (unpaired) electrons. The SMILES string of the molecule is COc1c(C)cc(O)c(C=NNC(N)=S)c1C. The van der Waals surface area contributed by atoms with Gasteiger partial charge in [0.05, 0.1) is 13.3 Å². The summed E-state index contributed by atoms with van der Waals surface area (Å²) in [6.45, 7) is 3.70. The van der Waals surface area contributed by atoms with Gasteiger partial charge in [0.15, 0.2) is 5.11 Å². The van der Waals surface area contributed by atoms with E-state index in [1.807, 2.05) is 13.8 Å². The highest BCUT2D eigenvalue weighted by Gasteiger charge is 2.11. The number of aryl methyl sites for hydroxylation is 1. The van der Waals surface area contributed by atoms with Crippen LogP contribution in [0.4, 0.5) is 0 Å². The number of hydrazone groups is 1. The van der Waals surface area contributed by atoms with Crippen LogP contribution in [0.5, 0.6) is 11.5 Å². The maximum atomic E-state index is 9.82. The molecule has 6 heteroatoms. The average Bonchev–Trinajstić information content (AvgIpc) is 2.22. The predicted molar refractivity (Wildman–Crippen MR) is 71.6 cm³/mol. The van der Waals surface area contributed by atoms with E-state index in [1.54, 1.807) is 13.2 Å². The molecular formula is C11H15N3O2S. The number of phenolic OH excluding ortho intramolecular Hbond substituents is 1. The van der Waals surface area contributed by atoms with Crippen LogP contribution < -0.4 is 15.9 Å². The van der Waals surface area contributed by atoms with E-state index in [2.05, 4.69) is 22.7 Å². The second-order valence-corrected chi connectivity index (χ2v) is 3.96. The predicted octanol–water partition coefficient (Wildman–Crippen LogP) is 1.18. The van der Waals surface area contributed by atoms with Crippen molar-refractivity contribution in [3.8, 4) is 11.5 Å². The van der Waals surface area contributed by atoms with Crippen molar-refractivity contribution in [1.29, 1.82) is 0 Å². The lowest BCUT2D eigenvalue weighted by atomic mass is 10.0. The number of methoxy groups -OCH3 is 1. The molecule has 0 fully saturated rings. The van der Waals surface area contributed by atoms with Gasteiger partial charge in [-0.3, -0.25) is 5.43 Å². The van der Waals surface area contributed by atoms with Crippen LogP contribution in [-0.2, 0) is 0 Å². The van der Waals surface area contributed by atoms with Gasteiger partial charge in [-0.05, 0) is 37.7 Å². The van der Waals surface area contributed by atoms with Crippen molar-refractivity contribution in [3.05, 3.63) is 22.8 Å². The third-order valence-electron chi connectivity index (χ3n) is 2.30. The quantitative estimate of drug-likeness (QED) is 0.428. The van der Waals surface area contributed by atoms with Gasteiger partial charge in [0, 0.05) is 11.1 Å². The van der Waals surface area contributed by atoms with Crippen molar-refractivity contribution in [2.24, 2.45) is 10.8 Å². The summed E-state index contributed by atoms with van der Waals surface area (Å²) in [6, 6.07) is 1.62.